The molecule has 2 aromatic heterocycles. The maximum atomic E-state index is 13.0. The molecule has 0 atom stereocenters. The molecule has 4 aromatic rings. The Balaban J connectivity index is 1.38. The van der Waals surface area contributed by atoms with Gasteiger partial charge >= 0.3 is 6.18 Å². The predicted molar refractivity (Wildman–Crippen MR) is 147 cm³/mol. The summed E-state index contributed by atoms with van der Waals surface area (Å²) in [6.45, 7) is 1.11. The van der Waals surface area contributed by atoms with Crippen LogP contribution >= 0.6 is 11.6 Å². The fraction of sp³-hybridized carbons (Fsp3) is 0.269. The number of anilines is 2. The van der Waals surface area contributed by atoms with Crippen molar-refractivity contribution in [2.24, 2.45) is 0 Å². The molecule has 0 saturated carbocycles. The molecule has 0 fully saturated rings. The van der Waals surface area contributed by atoms with Crippen LogP contribution in [0.5, 0.6) is 11.5 Å². The first-order valence-corrected chi connectivity index (χ1v) is 14.6. The number of carbonyl (C=O) groups is 1. The highest BCUT2D eigenvalue weighted by Crippen LogP contribution is 2.36. The lowest BCUT2D eigenvalue weighted by atomic mass is 10.2. The van der Waals surface area contributed by atoms with Gasteiger partial charge in [-0.25, -0.2) is 18.4 Å². The fourth-order valence-electron chi connectivity index (χ4n) is 3.79. The third-order valence-corrected chi connectivity index (χ3v) is 6.65. The van der Waals surface area contributed by atoms with Crippen LogP contribution in [0.1, 0.15) is 5.56 Å². The van der Waals surface area contributed by atoms with Crippen LogP contribution in [-0.2, 0) is 32.1 Å². The highest BCUT2D eigenvalue weighted by molar-refractivity contribution is 7.91. The molecule has 0 aliphatic heterocycles. The van der Waals surface area contributed by atoms with E-state index in [-0.39, 0.29) is 29.7 Å². The van der Waals surface area contributed by atoms with Crippen LogP contribution in [0.2, 0.25) is 5.02 Å². The highest BCUT2D eigenvalue weighted by atomic mass is 35.5. The molecule has 4 rings (SSSR count). The summed E-state index contributed by atoms with van der Waals surface area (Å²) in [4.78, 5) is 20.2. The van der Waals surface area contributed by atoms with Crippen LogP contribution in [0.4, 0.5) is 24.7 Å². The molecule has 1 amide bonds. The first-order valence-electron chi connectivity index (χ1n) is 12.1. The van der Waals surface area contributed by atoms with E-state index in [1.165, 1.54) is 24.5 Å². The van der Waals surface area contributed by atoms with Crippen LogP contribution in [-0.4, -0.2) is 60.6 Å². The maximum absolute atomic E-state index is 13.0. The lowest BCUT2D eigenvalue weighted by molar-refractivity contribution is -0.137. The zero-order valence-corrected chi connectivity index (χ0v) is 23.2. The molecule has 0 spiro atoms. The molecule has 2 N–H and O–H groups in total. The number of rotatable bonds is 12. The predicted octanol–water partition coefficient (Wildman–Crippen LogP) is 4.82. The van der Waals surface area contributed by atoms with E-state index >= 15 is 0 Å². The van der Waals surface area contributed by atoms with Crippen LogP contribution in [0.3, 0.4) is 0 Å². The number of benzene rings is 2. The van der Waals surface area contributed by atoms with Gasteiger partial charge in [0.2, 0.25) is 5.91 Å². The van der Waals surface area contributed by atoms with Crippen LogP contribution in [0, 0.1) is 0 Å². The van der Waals surface area contributed by atoms with E-state index < -0.39 is 33.2 Å². The van der Waals surface area contributed by atoms with E-state index in [9.17, 15) is 26.4 Å². The van der Waals surface area contributed by atoms with Crippen molar-refractivity contribution in [2.45, 2.75) is 12.7 Å². The Hall–Kier alpha value is -3.88. The standard InChI is InChI=1S/C26H25ClF3N5O5S/c1-41(37,38)15-23(36)31-8-11-39-12-10-35-9-7-21-24(35)25(33-16-32-21)34-18-5-6-22(20(27)14-18)40-19-4-2-3-17(13-19)26(28,29)30/h2-7,9,13-14,16H,8,10-12,15H2,1H3,(H,31,36)(H,32,33,34). The molecule has 10 nitrogen and oxygen atoms in total. The van der Waals surface area contributed by atoms with Gasteiger partial charge in [-0.05, 0) is 42.5 Å². The number of hydrogen-bond acceptors (Lipinski definition) is 8. The second-order valence-corrected chi connectivity index (χ2v) is 11.4. The third-order valence-electron chi connectivity index (χ3n) is 5.57. The number of nitrogens with zero attached hydrogens (tertiary/aromatic N) is 3. The first-order chi connectivity index (χ1) is 19.4. The average molecular weight is 612 g/mol. The summed E-state index contributed by atoms with van der Waals surface area (Å²) >= 11 is 6.37. The van der Waals surface area contributed by atoms with E-state index in [2.05, 4.69) is 20.6 Å². The van der Waals surface area contributed by atoms with Gasteiger partial charge in [-0.1, -0.05) is 17.7 Å². The number of aromatic nitrogens is 3. The van der Waals surface area contributed by atoms with Crippen LogP contribution < -0.4 is 15.4 Å². The van der Waals surface area contributed by atoms with Crippen molar-refractivity contribution in [3.8, 4) is 11.5 Å². The van der Waals surface area contributed by atoms with Gasteiger partial charge in [-0.15, -0.1) is 0 Å². The summed E-state index contributed by atoms with van der Waals surface area (Å²) in [5.41, 5.74) is 1.09. The summed E-state index contributed by atoms with van der Waals surface area (Å²) in [6.07, 6.45) is -0.291. The SMILES string of the molecule is CS(=O)(=O)CC(=O)NCCOCCn1ccc2ncnc(Nc3ccc(Oc4cccc(C(F)(F)F)c4)c(Cl)c3)c21. The van der Waals surface area contributed by atoms with Crippen LogP contribution in [0.15, 0.2) is 61.1 Å². The fourth-order valence-corrected chi connectivity index (χ4v) is 4.59. The summed E-state index contributed by atoms with van der Waals surface area (Å²) in [7, 11) is -3.39. The minimum absolute atomic E-state index is 0.00345. The van der Waals surface area contributed by atoms with E-state index in [0.29, 0.717) is 35.7 Å². The quantitative estimate of drug-likeness (QED) is 0.219. The molecular weight excluding hydrogens is 587 g/mol. The zero-order chi connectivity index (χ0) is 29.6. The molecule has 0 aliphatic rings. The number of nitrogens with one attached hydrogen (secondary N) is 2. The minimum Gasteiger partial charge on any atom is -0.456 e. The second-order valence-electron chi connectivity index (χ2n) is 8.90. The van der Waals surface area contributed by atoms with E-state index in [4.69, 9.17) is 21.1 Å². The Bertz CT molecular complexity index is 1650. The zero-order valence-electron chi connectivity index (χ0n) is 21.6. The molecule has 0 radical (unpaired) electrons. The van der Waals surface area contributed by atoms with Crippen molar-refractivity contribution in [2.75, 3.05) is 37.1 Å². The van der Waals surface area contributed by atoms with Crippen molar-refractivity contribution in [3.63, 3.8) is 0 Å². The third kappa shape index (κ3) is 8.55. The van der Waals surface area contributed by atoms with Gasteiger partial charge in [0.05, 0.1) is 29.3 Å². The monoisotopic (exact) mass is 611 g/mol. The van der Waals surface area contributed by atoms with Crippen molar-refractivity contribution in [1.29, 1.82) is 0 Å². The topological polar surface area (TPSA) is 124 Å². The highest BCUT2D eigenvalue weighted by Gasteiger charge is 2.30. The largest absolute Gasteiger partial charge is 0.456 e. The molecule has 0 saturated heterocycles. The molecule has 0 aliphatic carbocycles. The average Bonchev–Trinajstić information content (AvgIpc) is 3.30. The van der Waals surface area contributed by atoms with Gasteiger partial charge in [0.15, 0.2) is 15.7 Å². The molecule has 41 heavy (non-hydrogen) atoms. The van der Waals surface area contributed by atoms with Gasteiger partial charge < -0.3 is 24.7 Å². The Morgan fingerprint density at radius 1 is 1.10 bits per heavy atom. The number of ether oxygens (including phenoxy) is 2. The smallest absolute Gasteiger partial charge is 0.416 e. The van der Waals surface area contributed by atoms with Gasteiger partial charge in [0.1, 0.15) is 29.1 Å². The number of fused-ring (bicyclic) bond motifs is 1. The Morgan fingerprint density at radius 2 is 1.90 bits per heavy atom. The molecule has 0 bridgehead atoms. The summed E-state index contributed by atoms with van der Waals surface area (Å²) < 4.78 is 74.3. The van der Waals surface area contributed by atoms with Gasteiger partial charge in [-0.2, -0.15) is 13.2 Å². The Labute approximate surface area is 238 Å². The van der Waals surface area contributed by atoms with E-state index in [0.717, 1.165) is 18.4 Å². The lowest BCUT2D eigenvalue weighted by Crippen LogP contribution is -2.32. The maximum Gasteiger partial charge on any atom is 0.416 e. The van der Waals surface area contributed by atoms with Crippen molar-refractivity contribution in [3.05, 3.63) is 71.6 Å². The molecule has 2 heterocycles. The van der Waals surface area contributed by atoms with Gasteiger partial charge in [0.25, 0.3) is 0 Å². The second kappa shape index (κ2) is 12.7. The summed E-state index contributed by atoms with van der Waals surface area (Å²) in [5, 5.41) is 5.83. The first kappa shape index (κ1) is 30.1. The number of alkyl halides is 3. The van der Waals surface area contributed by atoms with Gasteiger partial charge in [-0.3, -0.25) is 4.79 Å². The molecular formula is C26H25ClF3N5O5S. The number of halogens is 4. The number of sulfone groups is 1. The van der Waals surface area contributed by atoms with Crippen molar-refractivity contribution >= 4 is 49.9 Å². The molecule has 218 valence electrons. The van der Waals surface area contributed by atoms with Gasteiger partial charge in [0, 0.05) is 31.2 Å². The molecule has 15 heteroatoms. The van der Waals surface area contributed by atoms with Crippen molar-refractivity contribution < 1.29 is 35.9 Å². The molecule has 2 aromatic carbocycles. The summed E-state index contributed by atoms with van der Waals surface area (Å²) in [5.74, 6) is -0.505. The normalized spacial score (nSPS) is 11.9. The van der Waals surface area contributed by atoms with E-state index in [1.54, 1.807) is 12.1 Å². The molecule has 0 unspecified atom stereocenters. The number of hydrogen-bond donors (Lipinski definition) is 2. The number of amides is 1. The number of carbonyl (C=O) groups excluding carboxylic acids is 1. The minimum atomic E-state index is -4.50. The van der Waals surface area contributed by atoms with E-state index in [1.807, 2.05) is 16.8 Å². The summed E-state index contributed by atoms with van der Waals surface area (Å²) in [6, 6.07) is 11.1. The van der Waals surface area contributed by atoms with Crippen LogP contribution in [0.25, 0.3) is 11.0 Å². The Kier molecular flexibility index (Phi) is 9.35. The van der Waals surface area contributed by atoms with Crippen molar-refractivity contribution in [1.82, 2.24) is 19.9 Å². The lowest BCUT2D eigenvalue weighted by Gasteiger charge is -2.13. The Morgan fingerprint density at radius 3 is 2.63 bits per heavy atom.